The minimum Gasteiger partial charge on any atom is -0.369 e. The van der Waals surface area contributed by atoms with Gasteiger partial charge in [-0.15, -0.1) is 10.2 Å². The molecule has 0 aliphatic carbocycles. The van der Waals surface area contributed by atoms with Crippen LogP contribution in [0.15, 0.2) is 18.6 Å². The van der Waals surface area contributed by atoms with Gasteiger partial charge in [-0.2, -0.15) is 0 Å². The standard InChI is InChI=1S/C19H24N6O2S/c1-2-3-16-23-24-18(28-16)25-10-13-12(15-4-5-19(13,11-25)27-15)8-22-17(26)14-9-20-6-7-21-14/h6-7,9,12-13,15H,2-5,8,10-11H2,1H3,(H,22,26)/t12-,13+,15+,19+/m0/s1. The predicted molar refractivity (Wildman–Crippen MR) is 104 cm³/mol. The third-order valence-corrected chi connectivity index (χ3v) is 7.31. The molecule has 0 radical (unpaired) electrons. The van der Waals surface area contributed by atoms with Crippen molar-refractivity contribution in [3.8, 4) is 0 Å². The van der Waals surface area contributed by atoms with E-state index in [9.17, 15) is 4.79 Å². The Balaban J connectivity index is 1.27. The maximum absolute atomic E-state index is 12.4. The number of carbonyl (C=O) groups is 1. The van der Waals surface area contributed by atoms with E-state index < -0.39 is 0 Å². The van der Waals surface area contributed by atoms with Crippen molar-refractivity contribution in [3.63, 3.8) is 0 Å². The summed E-state index contributed by atoms with van der Waals surface area (Å²) in [4.78, 5) is 22.7. The molecule has 148 valence electrons. The van der Waals surface area contributed by atoms with Crippen LogP contribution in [0.3, 0.4) is 0 Å². The van der Waals surface area contributed by atoms with Gasteiger partial charge in [-0.25, -0.2) is 4.98 Å². The number of nitrogens with zero attached hydrogens (tertiary/aromatic N) is 5. The Morgan fingerprint density at radius 1 is 1.43 bits per heavy atom. The van der Waals surface area contributed by atoms with Gasteiger partial charge in [0.1, 0.15) is 10.7 Å². The number of ether oxygens (including phenoxy) is 1. The molecule has 9 heteroatoms. The molecule has 5 heterocycles. The summed E-state index contributed by atoms with van der Waals surface area (Å²) < 4.78 is 6.48. The van der Waals surface area contributed by atoms with Crippen molar-refractivity contribution in [1.29, 1.82) is 0 Å². The fourth-order valence-electron chi connectivity index (χ4n) is 5.01. The number of hydrogen-bond acceptors (Lipinski definition) is 8. The summed E-state index contributed by atoms with van der Waals surface area (Å²) >= 11 is 1.70. The highest BCUT2D eigenvalue weighted by Crippen LogP contribution is 2.55. The topological polar surface area (TPSA) is 93.1 Å². The van der Waals surface area contributed by atoms with E-state index in [4.69, 9.17) is 4.74 Å². The minimum atomic E-state index is -0.173. The van der Waals surface area contributed by atoms with Crippen molar-refractivity contribution in [2.24, 2.45) is 11.8 Å². The Morgan fingerprint density at radius 2 is 2.36 bits per heavy atom. The van der Waals surface area contributed by atoms with Gasteiger partial charge < -0.3 is 15.0 Å². The summed E-state index contributed by atoms with van der Waals surface area (Å²) in [6.45, 7) is 4.57. The van der Waals surface area contributed by atoms with Crippen molar-refractivity contribution < 1.29 is 9.53 Å². The van der Waals surface area contributed by atoms with Gasteiger partial charge in [0.2, 0.25) is 5.13 Å². The van der Waals surface area contributed by atoms with E-state index in [2.05, 4.69) is 37.3 Å². The monoisotopic (exact) mass is 400 g/mol. The van der Waals surface area contributed by atoms with Crippen LogP contribution in [0.4, 0.5) is 5.13 Å². The van der Waals surface area contributed by atoms with E-state index in [1.54, 1.807) is 17.5 Å². The predicted octanol–water partition coefficient (Wildman–Crippen LogP) is 1.69. The zero-order valence-corrected chi connectivity index (χ0v) is 16.7. The van der Waals surface area contributed by atoms with Gasteiger partial charge in [-0.05, 0) is 19.3 Å². The lowest BCUT2D eigenvalue weighted by molar-refractivity contribution is 0.0141. The highest BCUT2D eigenvalue weighted by Gasteiger charge is 2.63. The summed E-state index contributed by atoms with van der Waals surface area (Å²) in [5.74, 6) is 0.558. The van der Waals surface area contributed by atoms with E-state index >= 15 is 0 Å². The zero-order chi connectivity index (χ0) is 19.1. The fraction of sp³-hybridized carbons (Fsp3) is 0.632. The van der Waals surface area contributed by atoms with E-state index in [0.717, 1.165) is 48.9 Å². The van der Waals surface area contributed by atoms with Gasteiger partial charge in [0.25, 0.3) is 5.91 Å². The number of hydrogen-bond donors (Lipinski definition) is 1. The van der Waals surface area contributed by atoms with Gasteiger partial charge in [-0.1, -0.05) is 18.3 Å². The van der Waals surface area contributed by atoms with Gasteiger partial charge in [0, 0.05) is 50.3 Å². The second kappa shape index (κ2) is 7.04. The molecule has 3 saturated heterocycles. The summed E-state index contributed by atoms with van der Waals surface area (Å²) in [7, 11) is 0. The van der Waals surface area contributed by atoms with Gasteiger partial charge in [-0.3, -0.25) is 9.78 Å². The summed E-state index contributed by atoms with van der Waals surface area (Å²) in [6.07, 6.45) is 9.05. The lowest BCUT2D eigenvalue weighted by Crippen LogP contribution is -2.42. The molecule has 2 aromatic rings. The number of fused-ring (bicyclic) bond motifs is 1. The molecular formula is C19H24N6O2S. The number of amides is 1. The highest BCUT2D eigenvalue weighted by molar-refractivity contribution is 7.15. The normalized spacial score (nSPS) is 30.6. The Kier molecular flexibility index (Phi) is 4.51. The molecule has 4 atom stereocenters. The maximum Gasteiger partial charge on any atom is 0.271 e. The summed E-state index contributed by atoms with van der Waals surface area (Å²) in [5.41, 5.74) is 0.259. The van der Waals surface area contributed by atoms with E-state index in [1.165, 1.54) is 12.4 Å². The quantitative estimate of drug-likeness (QED) is 0.789. The van der Waals surface area contributed by atoms with Crippen LogP contribution in [0.5, 0.6) is 0 Å². The third kappa shape index (κ3) is 2.97. The molecule has 2 bridgehead atoms. The SMILES string of the molecule is CCCc1nnc(N2C[C@@H]3[C@H](CNC(=O)c4cnccn4)[C@H]4CC[C@]3(C2)O4)s1. The Bertz CT molecular complexity index is 861. The smallest absolute Gasteiger partial charge is 0.271 e. The average Bonchev–Trinajstić information content (AvgIpc) is 3.47. The Hall–Kier alpha value is -2.13. The molecule has 1 spiro atoms. The van der Waals surface area contributed by atoms with Crippen LogP contribution < -0.4 is 10.2 Å². The van der Waals surface area contributed by atoms with E-state index in [-0.39, 0.29) is 17.6 Å². The Morgan fingerprint density at radius 3 is 3.18 bits per heavy atom. The van der Waals surface area contributed by atoms with Crippen molar-refractivity contribution >= 4 is 22.4 Å². The third-order valence-electron chi connectivity index (χ3n) is 6.27. The van der Waals surface area contributed by atoms with Crippen LogP contribution in [0, 0.1) is 11.8 Å². The first-order valence-corrected chi connectivity index (χ1v) is 10.8. The van der Waals surface area contributed by atoms with Crippen molar-refractivity contribution in [3.05, 3.63) is 29.3 Å². The molecule has 0 aromatic carbocycles. The second-order valence-electron chi connectivity index (χ2n) is 7.94. The van der Waals surface area contributed by atoms with Gasteiger partial charge in [0.05, 0.1) is 17.9 Å². The molecule has 3 aliphatic rings. The molecule has 28 heavy (non-hydrogen) atoms. The van der Waals surface area contributed by atoms with Crippen LogP contribution >= 0.6 is 11.3 Å². The molecule has 8 nitrogen and oxygen atoms in total. The fourth-order valence-corrected chi connectivity index (χ4v) is 5.96. The molecule has 1 N–H and O–H groups in total. The number of nitrogens with one attached hydrogen (secondary N) is 1. The number of aromatic nitrogens is 4. The molecule has 0 unspecified atom stereocenters. The second-order valence-corrected chi connectivity index (χ2v) is 8.98. The number of rotatable bonds is 6. The lowest BCUT2D eigenvalue weighted by Gasteiger charge is -2.29. The summed E-state index contributed by atoms with van der Waals surface area (Å²) in [5, 5.41) is 13.9. The summed E-state index contributed by atoms with van der Waals surface area (Å²) in [6, 6.07) is 0. The first-order chi connectivity index (χ1) is 13.7. The maximum atomic E-state index is 12.4. The van der Waals surface area contributed by atoms with Crippen LogP contribution in [0.2, 0.25) is 0 Å². The molecule has 2 aromatic heterocycles. The molecule has 0 saturated carbocycles. The van der Waals surface area contributed by atoms with E-state index in [0.29, 0.717) is 24.1 Å². The molecule has 5 rings (SSSR count). The lowest BCUT2D eigenvalue weighted by atomic mass is 9.73. The van der Waals surface area contributed by atoms with Gasteiger partial charge in [0.15, 0.2) is 0 Å². The highest BCUT2D eigenvalue weighted by atomic mass is 32.1. The first-order valence-electron chi connectivity index (χ1n) is 9.98. The van der Waals surface area contributed by atoms with E-state index in [1.807, 2.05) is 0 Å². The number of carbonyl (C=O) groups excluding carboxylic acids is 1. The van der Waals surface area contributed by atoms with Crippen molar-refractivity contribution in [2.75, 3.05) is 24.5 Å². The molecule has 1 amide bonds. The number of anilines is 1. The van der Waals surface area contributed by atoms with Crippen molar-refractivity contribution in [2.45, 2.75) is 44.3 Å². The average molecular weight is 401 g/mol. The molecule has 3 aliphatic heterocycles. The van der Waals surface area contributed by atoms with Crippen LogP contribution in [0.25, 0.3) is 0 Å². The number of aryl methyl sites for hydroxylation is 1. The van der Waals surface area contributed by atoms with Crippen molar-refractivity contribution in [1.82, 2.24) is 25.5 Å². The van der Waals surface area contributed by atoms with Crippen LogP contribution in [0.1, 0.15) is 41.7 Å². The largest absolute Gasteiger partial charge is 0.369 e. The van der Waals surface area contributed by atoms with Crippen LogP contribution in [-0.4, -0.2) is 57.4 Å². The van der Waals surface area contributed by atoms with Crippen LogP contribution in [-0.2, 0) is 11.2 Å². The molecular weight excluding hydrogens is 376 g/mol. The zero-order valence-electron chi connectivity index (χ0n) is 15.9. The molecule has 3 fully saturated rings. The van der Waals surface area contributed by atoms with Gasteiger partial charge >= 0.3 is 0 Å². The Labute approximate surface area is 167 Å². The minimum absolute atomic E-state index is 0.0940. The first kappa shape index (κ1) is 17.9.